The summed E-state index contributed by atoms with van der Waals surface area (Å²) in [5, 5.41) is 0.694. The molecule has 1 aromatic carbocycles. The van der Waals surface area contributed by atoms with Gasteiger partial charge in [0.15, 0.2) is 0 Å². The van der Waals surface area contributed by atoms with Gasteiger partial charge in [0.25, 0.3) is 0 Å². The number of benzene rings is 1. The summed E-state index contributed by atoms with van der Waals surface area (Å²) in [6, 6.07) is 8.19. The Morgan fingerprint density at radius 1 is 1.45 bits per heavy atom. The maximum atomic E-state index is 5.69. The summed E-state index contributed by atoms with van der Waals surface area (Å²) in [4.78, 5) is 0. The predicted molar refractivity (Wildman–Crippen MR) is 49.9 cm³/mol. The monoisotopic (exact) mass is 166 g/mol. The van der Waals surface area contributed by atoms with E-state index in [2.05, 4.69) is 25.6 Å². The lowest BCUT2D eigenvalue weighted by Crippen LogP contribution is -1.87. The highest BCUT2D eigenvalue weighted by Crippen LogP contribution is 2.13. The van der Waals surface area contributed by atoms with Crippen molar-refractivity contribution in [3.8, 4) is 0 Å². The smallest absolute Gasteiger partial charge is 0.0153 e. The fourth-order valence-corrected chi connectivity index (χ4v) is 1.16. The van der Waals surface area contributed by atoms with Crippen LogP contribution in [0.25, 0.3) is 0 Å². The summed E-state index contributed by atoms with van der Waals surface area (Å²) in [5.74, 6) is 0. The summed E-state index contributed by atoms with van der Waals surface area (Å²) in [6.07, 6.45) is 0.772. The Bertz CT molecular complexity index is 263. The molecule has 0 unspecified atom stereocenters. The molecule has 0 saturated carbocycles. The molecule has 0 aliphatic heterocycles. The second-order valence-electron chi connectivity index (χ2n) is 2.62. The van der Waals surface area contributed by atoms with Crippen molar-refractivity contribution in [1.82, 2.24) is 0 Å². The van der Waals surface area contributed by atoms with Crippen LogP contribution >= 0.6 is 11.6 Å². The second kappa shape index (κ2) is 3.59. The minimum absolute atomic E-state index is 0.694. The fourth-order valence-electron chi connectivity index (χ4n) is 1.02. The standard InChI is InChI=1S/C10H11Cl/c1-8-5-3-4-6-10(8)7-9(2)11/h3-6H,2,7H2,1H3. The second-order valence-corrected chi connectivity index (χ2v) is 3.16. The molecule has 0 spiro atoms. The first-order valence-electron chi connectivity index (χ1n) is 3.58. The largest absolute Gasteiger partial charge is 0.0894 e. The number of halogens is 1. The lowest BCUT2D eigenvalue weighted by Gasteiger charge is -2.02. The Kier molecular flexibility index (Phi) is 2.72. The maximum absolute atomic E-state index is 5.69. The van der Waals surface area contributed by atoms with Crippen molar-refractivity contribution in [2.24, 2.45) is 0 Å². The molecule has 0 aliphatic rings. The molecule has 1 aromatic rings. The van der Waals surface area contributed by atoms with Crippen LogP contribution < -0.4 is 0 Å². The average Bonchev–Trinajstić information content (AvgIpc) is 1.93. The van der Waals surface area contributed by atoms with Crippen molar-refractivity contribution < 1.29 is 0 Å². The highest BCUT2D eigenvalue weighted by Gasteiger charge is 1.96. The van der Waals surface area contributed by atoms with Crippen molar-refractivity contribution >= 4 is 11.6 Å². The zero-order valence-corrected chi connectivity index (χ0v) is 7.36. The quantitative estimate of drug-likeness (QED) is 0.633. The number of rotatable bonds is 2. The van der Waals surface area contributed by atoms with E-state index in [0.717, 1.165) is 6.42 Å². The molecule has 0 fully saturated rings. The molecule has 0 aromatic heterocycles. The first kappa shape index (κ1) is 8.35. The Morgan fingerprint density at radius 2 is 2.09 bits per heavy atom. The van der Waals surface area contributed by atoms with Crippen LogP contribution in [0.4, 0.5) is 0 Å². The van der Waals surface area contributed by atoms with Crippen LogP contribution in [0.2, 0.25) is 0 Å². The van der Waals surface area contributed by atoms with Gasteiger partial charge in [-0.05, 0) is 18.1 Å². The third-order valence-electron chi connectivity index (χ3n) is 1.64. The van der Waals surface area contributed by atoms with Crippen LogP contribution in [0, 0.1) is 6.92 Å². The van der Waals surface area contributed by atoms with Crippen LogP contribution in [0.5, 0.6) is 0 Å². The SMILES string of the molecule is C=C(Cl)Cc1ccccc1C. The molecule has 0 heterocycles. The van der Waals surface area contributed by atoms with E-state index >= 15 is 0 Å². The van der Waals surface area contributed by atoms with Crippen molar-refractivity contribution in [3.63, 3.8) is 0 Å². The topological polar surface area (TPSA) is 0 Å². The van der Waals surface area contributed by atoms with Crippen LogP contribution in [-0.2, 0) is 6.42 Å². The lowest BCUT2D eigenvalue weighted by atomic mass is 10.1. The van der Waals surface area contributed by atoms with Gasteiger partial charge in [0.05, 0.1) is 0 Å². The van der Waals surface area contributed by atoms with E-state index in [1.165, 1.54) is 11.1 Å². The van der Waals surface area contributed by atoms with Crippen LogP contribution in [0.15, 0.2) is 35.9 Å². The van der Waals surface area contributed by atoms with E-state index in [-0.39, 0.29) is 0 Å². The number of aryl methyl sites for hydroxylation is 1. The molecule has 0 aliphatic carbocycles. The Labute approximate surface area is 72.5 Å². The molecule has 58 valence electrons. The Hall–Kier alpha value is -0.750. The zero-order valence-electron chi connectivity index (χ0n) is 6.60. The van der Waals surface area contributed by atoms with Crippen molar-refractivity contribution in [1.29, 1.82) is 0 Å². The molecule has 0 amide bonds. The van der Waals surface area contributed by atoms with E-state index in [1.54, 1.807) is 0 Å². The van der Waals surface area contributed by atoms with E-state index in [1.807, 2.05) is 12.1 Å². The molecule has 0 nitrogen and oxygen atoms in total. The highest BCUT2D eigenvalue weighted by molar-refractivity contribution is 6.29. The Morgan fingerprint density at radius 3 is 2.64 bits per heavy atom. The Balaban J connectivity index is 2.86. The first-order chi connectivity index (χ1) is 5.20. The van der Waals surface area contributed by atoms with Gasteiger partial charge in [-0.15, -0.1) is 0 Å². The number of hydrogen-bond donors (Lipinski definition) is 0. The van der Waals surface area contributed by atoms with Gasteiger partial charge in [0, 0.05) is 11.5 Å². The zero-order chi connectivity index (χ0) is 8.27. The van der Waals surface area contributed by atoms with Gasteiger partial charge in [-0.1, -0.05) is 42.4 Å². The summed E-state index contributed by atoms with van der Waals surface area (Å²) < 4.78 is 0. The molecule has 0 bridgehead atoms. The minimum Gasteiger partial charge on any atom is -0.0894 e. The molecular formula is C10H11Cl. The first-order valence-corrected chi connectivity index (χ1v) is 3.95. The third-order valence-corrected chi connectivity index (χ3v) is 1.78. The van der Waals surface area contributed by atoms with Gasteiger partial charge in [0.1, 0.15) is 0 Å². The summed E-state index contributed by atoms with van der Waals surface area (Å²) in [6.45, 7) is 5.74. The van der Waals surface area contributed by atoms with Gasteiger partial charge in [-0.3, -0.25) is 0 Å². The van der Waals surface area contributed by atoms with Gasteiger partial charge < -0.3 is 0 Å². The summed E-state index contributed by atoms with van der Waals surface area (Å²) >= 11 is 5.69. The van der Waals surface area contributed by atoms with E-state index in [4.69, 9.17) is 11.6 Å². The van der Waals surface area contributed by atoms with Crippen LogP contribution in [-0.4, -0.2) is 0 Å². The molecular weight excluding hydrogens is 156 g/mol. The van der Waals surface area contributed by atoms with Crippen LogP contribution in [0.3, 0.4) is 0 Å². The highest BCUT2D eigenvalue weighted by atomic mass is 35.5. The fraction of sp³-hybridized carbons (Fsp3) is 0.200. The van der Waals surface area contributed by atoms with Gasteiger partial charge in [-0.2, -0.15) is 0 Å². The number of allylic oxidation sites excluding steroid dienone is 1. The van der Waals surface area contributed by atoms with Gasteiger partial charge in [-0.25, -0.2) is 0 Å². The molecule has 0 saturated heterocycles. The molecule has 0 N–H and O–H groups in total. The van der Waals surface area contributed by atoms with Crippen molar-refractivity contribution in [2.45, 2.75) is 13.3 Å². The van der Waals surface area contributed by atoms with E-state index in [0.29, 0.717) is 5.03 Å². The van der Waals surface area contributed by atoms with Crippen LogP contribution in [0.1, 0.15) is 11.1 Å². The molecule has 0 atom stereocenters. The maximum Gasteiger partial charge on any atom is 0.0153 e. The molecule has 1 heteroatoms. The normalized spacial score (nSPS) is 9.64. The van der Waals surface area contributed by atoms with Gasteiger partial charge in [0.2, 0.25) is 0 Å². The van der Waals surface area contributed by atoms with E-state index < -0.39 is 0 Å². The average molecular weight is 167 g/mol. The summed E-state index contributed by atoms with van der Waals surface area (Å²) in [5.41, 5.74) is 2.53. The van der Waals surface area contributed by atoms with E-state index in [9.17, 15) is 0 Å². The number of hydrogen-bond acceptors (Lipinski definition) is 0. The van der Waals surface area contributed by atoms with Crippen molar-refractivity contribution in [3.05, 3.63) is 47.0 Å². The third kappa shape index (κ3) is 2.39. The molecule has 0 radical (unpaired) electrons. The molecule has 1 rings (SSSR count). The molecule has 11 heavy (non-hydrogen) atoms. The van der Waals surface area contributed by atoms with Gasteiger partial charge >= 0.3 is 0 Å². The predicted octanol–water partition coefficient (Wildman–Crippen LogP) is 3.29. The summed E-state index contributed by atoms with van der Waals surface area (Å²) in [7, 11) is 0. The lowest BCUT2D eigenvalue weighted by molar-refractivity contribution is 1.20. The van der Waals surface area contributed by atoms with Crippen molar-refractivity contribution in [2.75, 3.05) is 0 Å². The minimum atomic E-state index is 0.694.